The zero-order chi connectivity index (χ0) is 15.9. The van der Waals surface area contributed by atoms with E-state index in [0.29, 0.717) is 23.3 Å². The molecule has 4 nitrogen and oxygen atoms in total. The van der Waals surface area contributed by atoms with Crippen molar-refractivity contribution in [2.75, 3.05) is 26.2 Å². The number of nitrogens with zero attached hydrogens (tertiary/aromatic N) is 2. The van der Waals surface area contributed by atoms with Gasteiger partial charge in [0.15, 0.2) is 0 Å². The molecule has 23 heavy (non-hydrogen) atoms. The molecule has 0 saturated carbocycles. The average Bonchev–Trinajstić information content (AvgIpc) is 3.25. The minimum absolute atomic E-state index is 0.456. The minimum Gasteiger partial charge on any atom is -0.294 e. The van der Waals surface area contributed by atoms with Crippen molar-refractivity contribution >= 4 is 21.4 Å². The largest absolute Gasteiger partial charge is 0.294 e. The third kappa shape index (κ3) is 2.74. The zero-order valence-electron chi connectivity index (χ0n) is 12.9. The summed E-state index contributed by atoms with van der Waals surface area (Å²) in [7, 11) is -3.30. The van der Waals surface area contributed by atoms with E-state index in [1.54, 1.807) is 16.4 Å². The van der Waals surface area contributed by atoms with Gasteiger partial charge in [-0.05, 0) is 35.4 Å². The molecule has 2 aromatic rings. The van der Waals surface area contributed by atoms with Crippen LogP contribution in [0.1, 0.15) is 23.6 Å². The number of benzene rings is 1. The van der Waals surface area contributed by atoms with Crippen molar-refractivity contribution in [1.82, 2.24) is 9.21 Å². The van der Waals surface area contributed by atoms with Crippen LogP contribution in [0.3, 0.4) is 0 Å². The van der Waals surface area contributed by atoms with Gasteiger partial charge in [-0.25, -0.2) is 8.42 Å². The smallest absolute Gasteiger partial charge is 0.252 e. The monoisotopic (exact) mass is 348 g/mol. The molecule has 1 saturated heterocycles. The van der Waals surface area contributed by atoms with Gasteiger partial charge in [0, 0.05) is 32.2 Å². The van der Waals surface area contributed by atoms with Crippen LogP contribution in [0.4, 0.5) is 0 Å². The van der Waals surface area contributed by atoms with Gasteiger partial charge in [0.05, 0.1) is 0 Å². The molecule has 0 bridgehead atoms. The number of hydrogen-bond donors (Lipinski definition) is 0. The predicted molar refractivity (Wildman–Crippen MR) is 92.2 cm³/mol. The number of sulfonamides is 1. The predicted octanol–water partition coefficient (Wildman–Crippen LogP) is 2.74. The molecule has 6 heteroatoms. The summed E-state index contributed by atoms with van der Waals surface area (Å²) in [6, 6.07) is 12.6. The van der Waals surface area contributed by atoms with Crippen LogP contribution >= 0.6 is 11.3 Å². The fourth-order valence-corrected chi connectivity index (χ4v) is 6.27. The molecule has 1 aromatic carbocycles. The van der Waals surface area contributed by atoms with Crippen LogP contribution in [0.5, 0.6) is 0 Å². The van der Waals surface area contributed by atoms with Crippen LogP contribution in [0.25, 0.3) is 0 Å². The fourth-order valence-electron chi connectivity index (χ4n) is 3.71. The Morgan fingerprint density at radius 3 is 2.52 bits per heavy atom. The van der Waals surface area contributed by atoms with Crippen LogP contribution < -0.4 is 0 Å². The summed E-state index contributed by atoms with van der Waals surface area (Å²) in [4.78, 5) is 2.45. The van der Waals surface area contributed by atoms with E-state index in [2.05, 4.69) is 29.2 Å². The van der Waals surface area contributed by atoms with E-state index < -0.39 is 10.0 Å². The van der Waals surface area contributed by atoms with Gasteiger partial charge in [0.1, 0.15) is 4.21 Å². The number of fused-ring (bicyclic) bond motifs is 1. The molecule has 2 heterocycles. The molecule has 2 aliphatic rings. The van der Waals surface area contributed by atoms with Gasteiger partial charge in [-0.2, -0.15) is 4.31 Å². The number of hydrogen-bond acceptors (Lipinski definition) is 4. The first-order valence-corrected chi connectivity index (χ1v) is 10.3. The van der Waals surface area contributed by atoms with E-state index in [1.807, 2.05) is 5.38 Å². The molecule has 1 unspecified atom stereocenters. The Kier molecular flexibility index (Phi) is 4.01. The molecule has 1 atom stereocenters. The molecule has 1 aromatic heterocycles. The Morgan fingerprint density at radius 2 is 1.78 bits per heavy atom. The lowest BCUT2D eigenvalue weighted by Gasteiger charge is -2.37. The van der Waals surface area contributed by atoms with Crippen molar-refractivity contribution in [3.8, 4) is 0 Å². The van der Waals surface area contributed by atoms with Gasteiger partial charge < -0.3 is 0 Å². The maximum Gasteiger partial charge on any atom is 0.252 e. The maximum absolute atomic E-state index is 12.6. The van der Waals surface area contributed by atoms with Crippen molar-refractivity contribution in [3.63, 3.8) is 0 Å². The topological polar surface area (TPSA) is 40.6 Å². The standard InChI is InChI=1S/C17H20N2O2S2/c20-23(21,17-6-3-13-22-17)19-11-9-18(10-12-19)16-8-7-14-4-1-2-5-15(14)16/h1-6,13,16H,7-12H2. The summed E-state index contributed by atoms with van der Waals surface area (Å²) in [5.41, 5.74) is 2.88. The summed E-state index contributed by atoms with van der Waals surface area (Å²) in [5, 5.41) is 1.82. The van der Waals surface area contributed by atoms with Crippen LogP contribution in [0, 0.1) is 0 Å². The molecular weight excluding hydrogens is 328 g/mol. The van der Waals surface area contributed by atoms with E-state index in [1.165, 1.54) is 22.5 Å². The fraction of sp³-hybridized carbons (Fsp3) is 0.412. The second-order valence-corrected chi connectivity index (χ2v) is 9.24. The van der Waals surface area contributed by atoms with Crippen LogP contribution in [0.2, 0.25) is 0 Å². The number of thiophene rings is 1. The van der Waals surface area contributed by atoms with Gasteiger partial charge in [0.25, 0.3) is 10.0 Å². The van der Waals surface area contributed by atoms with Crippen molar-refractivity contribution in [2.24, 2.45) is 0 Å². The quantitative estimate of drug-likeness (QED) is 0.856. The van der Waals surface area contributed by atoms with E-state index >= 15 is 0 Å². The average molecular weight is 348 g/mol. The van der Waals surface area contributed by atoms with E-state index in [0.717, 1.165) is 25.9 Å². The Balaban J connectivity index is 1.46. The lowest BCUT2D eigenvalue weighted by molar-refractivity contribution is 0.137. The molecule has 1 fully saturated rings. The third-order valence-electron chi connectivity index (χ3n) is 4.90. The van der Waals surface area contributed by atoms with E-state index in [9.17, 15) is 8.42 Å². The minimum atomic E-state index is -3.30. The zero-order valence-corrected chi connectivity index (χ0v) is 14.5. The molecule has 0 spiro atoms. The van der Waals surface area contributed by atoms with Crippen molar-refractivity contribution < 1.29 is 8.42 Å². The van der Waals surface area contributed by atoms with E-state index in [4.69, 9.17) is 0 Å². The first kappa shape index (κ1) is 15.3. The highest BCUT2D eigenvalue weighted by Gasteiger charge is 2.34. The Labute approximate surface area is 141 Å². The first-order chi connectivity index (χ1) is 11.2. The number of aryl methyl sites for hydroxylation is 1. The Bertz CT molecular complexity index is 779. The van der Waals surface area contributed by atoms with Gasteiger partial charge in [0.2, 0.25) is 0 Å². The van der Waals surface area contributed by atoms with Crippen LogP contribution in [0.15, 0.2) is 46.0 Å². The van der Waals surface area contributed by atoms with Gasteiger partial charge in [-0.15, -0.1) is 11.3 Å². The first-order valence-electron chi connectivity index (χ1n) is 8.02. The molecule has 122 valence electrons. The molecule has 0 radical (unpaired) electrons. The second kappa shape index (κ2) is 6.02. The third-order valence-corrected chi connectivity index (χ3v) is 8.18. The van der Waals surface area contributed by atoms with Crippen molar-refractivity contribution in [2.45, 2.75) is 23.1 Å². The molecule has 4 rings (SSSR count). The van der Waals surface area contributed by atoms with Crippen LogP contribution in [-0.2, 0) is 16.4 Å². The molecule has 0 N–H and O–H groups in total. The Hall–Kier alpha value is -1.21. The molecule has 0 amide bonds. The van der Waals surface area contributed by atoms with E-state index in [-0.39, 0.29) is 0 Å². The van der Waals surface area contributed by atoms with Gasteiger partial charge in [-0.3, -0.25) is 4.90 Å². The summed E-state index contributed by atoms with van der Waals surface area (Å²) < 4.78 is 27.3. The summed E-state index contributed by atoms with van der Waals surface area (Å²) in [6.07, 6.45) is 2.28. The number of rotatable bonds is 3. The van der Waals surface area contributed by atoms with Crippen molar-refractivity contribution in [3.05, 3.63) is 52.9 Å². The SMILES string of the molecule is O=S(=O)(c1cccs1)N1CCN(C2CCc3ccccc32)CC1. The Morgan fingerprint density at radius 1 is 1.00 bits per heavy atom. The lowest BCUT2D eigenvalue weighted by Crippen LogP contribution is -2.49. The summed E-state index contributed by atoms with van der Waals surface area (Å²) in [5.74, 6) is 0. The highest BCUT2D eigenvalue weighted by molar-refractivity contribution is 7.91. The normalized spacial score (nSPS) is 23.0. The second-order valence-electron chi connectivity index (χ2n) is 6.13. The maximum atomic E-state index is 12.6. The summed E-state index contributed by atoms with van der Waals surface area (Å²) in [6.45, 7) is 2.78. The summed E-state index contributed by atoms with van der Waals surface area (Å²) >= 11 is 1.30. The highest BCUT2D eigenvalue weighted by atomic mass is 32.2. The number of piperazine rings is 1. The van der Waals surface area contributed by atoms with Crippen molar-refractivity contribution in [1.29, 1.82) is 0 Å². The highest BCUT2D eigenvalue weighted by Crippen LogP contribution is 2.36. The van der Waals surface area contributed by atoms with Crippen LogP contribution in [-0.4, -0.2) is 43.8 Å². The van der Waals surface area contributed by atoms with Gasteiger partial charge in [-0.1, -0.05) is 30.3 Å². The molecular formula is C17H20N2O2S2. The van der Waals surface area contributed by atoms with Gasteiger partial charge >= 0.3 is 0 Å². The molecule has 1 aliphatic heterocycles. The molecule has 1 aliphatic carbocycles. The lowest BCUT2D eigenvalue weighted by atomic mass is 10.1.